The third-order valence-electron chi connectivity index (χ3n) is 12.1. The molecular formula is C29H40O9. The van der Waals surface area contributed by atoms with Crippen LogP contribution in [0.25, 0.3) is 0 Å². The minimum Gasteiger partial charge on any atom is -0.458 e. The van der Waals surface area contributed by atoms with E-state index < -0.39 is 35.3 Å². The van der Waals surface area contributed by atoms with E-state index in [1.54, 1.807) is 6.08 Å². The molecule has 0 aromatic heterocycles. The molecule has 3 aliphatic heterocycles. The number of hydrogen-bond acceptors (Lipinski definition) is 9. The van der Waals surface area contributed by atoms with Crippen LogP contribution in [-0.4, -0.2) is 76.3 Å². The molecule has 4 saturated carbocycles. The van der Waals surface area contributed by atoms with E-state index in [-0.39, 0.29) is 53.7 Å². The van der Waals surface area contributed by atoms with Crippen molar-refractivity contribution in [3.8, 4) is 0 Å². The summed E-state index contributed by atoms with van der Waals surface area (Å²) in [7, 11) is 0. The molecule has 210 valence electrons. The van der Waals surface area contributed by atoms with Crippen LogP contribution in [-0.2, 0) is 28.5 Å². The molecule has 6 fully saturated rings. The fourth-order valence-corrected chi connectivity index (χ4v) is 10.2. The maximum Gasteiger partial charge on any atom is 0.331 e. The topological polar surface area (TPSA) is 132 Å². The zero-order chi connectivity index (χ0) is 26.7. The van der Waals surface area contributed by atoms with E-state index in [0.29, 0.717) is 25.9 Å². The van der Waals surface area contributed by atoms with Crippen LogP contribution < -0.4 is 0 Å². The molecule has 3 heterocycles. The van der Waals surface area contributed by atoms with E-state index in [1.807, 2.05) is 6.92 Å². The van der Waals surface area contributed by atoms with Gasteiger partial charge in [0, 0.05) is 23.3 Å². The van der Waals surface area contributed by atoms with Crippen molar-refractivity contribution in [3.05, 3.63) is 11.6 Å². The van der Waals surface area contributed by atoms with Crippen molar-refractivity contribution in [1.29, 1.82) is 0 Å². The average molecular weight is 533 g/mol. The van der Waals surface area contributed by atoms with Crippen LogP contribution in [0.1, 0.15) is 71.6 Å². The molecule has 7 unspecified atom stereocenters. The third-order valence-corrected chi connectivity index (χ3v) is 12.1. The van der Waals surface area contributed by atoms with E-state index in [4.69, 9.17) is 18.9 Å². The first kappa shape index (κ1) is 25.6. The van der Waals surface area contributed by atoms with Gasteiger partial charge in [0.25, 0.3) is 0 Å². The lowest BCUT2D eigenvalue weighted by molar-refractivity contribution is -0.457. The lowest BCUT2D eigenvalue weighted by atomic mass is 9.42. The second-order valence-corrected chi connectivity index (χ2v) is 13.6. The van der Waals surface area contributed by atoms with Crippen molar-refractivity contribution in [1.82, 2.24) is 0 Å². The van der Waals surface area contributed by atoms with E-state index in [0.717, 1.165) is 44.0 Å². The Balaban J connectivity index is 1.18. The van der Waals surface area contributed by atoms with Gasteiger partial charge in [-0.3, -0.25) is 0 Å². The quantitative estimate of drug-likeness (QED) is 0.278. The van der Waals surface area contributed by atoms with Crippen LogP contribution in [0.2, 0.25) is 0 Å². The maximum atomic E-state index is 13.1. The number of cyclic esters (lactones) is 1. The summed E-state index contributed by atoms with van der Waals surface area (Å²) in [4.78, 5) is 24.9. The fourth-order valence-electron chi connectivity index (χ4n) is 10.2. The molecule has 0 aromatic rings. The van der Waals surface area contributed by atoms with Gasteiger partial charge in [0.05, 0.1) is 23.9 Å². The monoisotopic (exact) mass is 532 g/mol. The predicted molar refractivity (Wildman–Crippen MR) is 131 cm³/mol. The second-order valence-electron chi connectivity index (χ2n) is 13.6. The summed E-state index contributed by atoms with van der Waals surface area (Å²) in [6, 6.07) is 0. The molecule has 13 atom stereocenters. The van der Waals surface area contributed by atoms with Crippen molar-refractivity contribution < 1.29 is 43.9 Å². The van der Waals surface area contributed by atoms with Crippen molar-refractivity contribution in [2.75, 3.05) is 6.61 Å². The van der Waals surface area contributed by atoms with Gasteiger partial charge in [-0.15, -0.1) is 0 Å². The zero-order valence-corrected chi connectivity index (χ0v) is 22.2. The van der Waals surface area contributed by atoms with Crippen molar-refractivity contribution in [3.63, 3.8) is 0 Å². The van der Waals surface area contributed by atoms with E-state index in [2.05, 4.69) is 6.92 Å². The number of carbonyl (C=O) groups is 2. The molecule has 9 nitrogen and oxygen atoms in total. The zero-order valence-electron chi connectivity index (χ0n) is 22.2. The Morgan fingerprint density at radius 3 is 2.58 bits per heavy atom. The van der Waals surface area contributed by atoms with E-state index in [9.17, 15) is 24.9 Å². The maximum absolute atomic E-state index is 13.1. The third kappa shape index (κ3) is 3.20. The SMILES string of the molecule is CC1CC(O)[C@]2(O)O[C@@H]3CC4(C=O)C(CCC5C4CCC4(C)[C@@H](C6=CC(=O)OC6)CC[C@]54O)C[C@H]3O[C@@H]2O1. The van der Waals surface area contributed by atoms with Gasteiger partial charge in [0.1, 0.15) is 19.0 Å². The molecule has 2 saturated heterocycles. The summed E-state index contributed by atoms with van der Waals surface area (Å²) in [6.45, 7) is 4.31. The van der Waals surface area contributed by atoms with Crippen LogP contribution in [0.15, 0.2) is 11.6 Å². The Morgan fingerprint density at radius 1 is 1.03 bits per heavy atom. The highest BCUT2D eigenvalue weighted by molar-refractivity contribution is 5.85. The number of aliphatic hydroxyl groups is 3. The summed E-state index contributed by atoms with van der Waals surface area (Å²) in [6.07, 6.45) is 5.34. The summed E-state index contributed by atoms with van der Waals surface area (Å²) < 4.78 is 23.5. The first-order chi connectivity index (χ1) is 18.0. The number of aldehydes is 1. The average Bonchev–Trinajstić information content (AvgIpc) is 3.42. The number of hydrogen-bond donors (Lipinski definition) is 3. The normalized spacial score (nSPS) is 57.4. The van der Waals surface area contributed by atoms with Crippen molar-refractivity contribution in [2.45, 2.75) is 114 Å². The largest absolute Gasteiger partial charge is 0.458 e. The van der Waals surface area contributed by atoms with Crippen molar-refractivity contribution in [2.24, 2.45) is 34.5 Å². The standard InChI is InChI=1S/C29H40O9/c1-15-9-23(31)29(34)25(36-15)37-21-11-17-3-4-20-19(27(17,14-30)12-22(21)38-29)5-7-26(2)18(6-8-28(20,26)33)16-10-24(32)35-13-16/h10,14-15,17-23,25,31,33-34H,3-9,11-13H2,1-2H3/t15?,17?,18-,19?,20?,21-,22-,23?,25+,26?,27?,28+,29+/m1/s1. The Bertz CT molecular complexity index is 1060. The Kier molecular flexibility index (Phi) is 5.61. The number of fused-ring (bicyclic) bond motifs is 7. The molecule has 3 N–H and O–H groups in total. The van der Waals surface area contributed by atoms with Crippen LogP contribution in [0, 0.1) is 34.5 Å². The first-order valence-electron chi connectivity index (χ1n) is 14.5. The lowest BCUT2D eigenvalue weighted by Crippen LogP contribution is -2.71. The molecule has 0 radical (unpaired) electrons. The molecule has 7 aliphatic rings. The summed E-state index contributed by atoms with van der Waals surface area (Å²) in [5.74, 6) is -2.11. The molecule has 0 bridgehead atoms. The molecule has 4 aliphatic carbocycles. The molecule has 38 heavy (non-hydrogen) atoms. The minimum absolute atomic E-state index is 0.00418. The molecule has 9 heteroatoms. The number of aliphatic hydroxyl groups excluding tert-OH is 1. The van der Waals surface area contributed by atoms with Crippen LogP contribution in [0.3, 0.4) is 0 Å². The molecule has 0 spiro atoms. The van der Waals surface area contributed by atoms with Gasteiger partial charge in [-0.1, -0.05) is 6.92 Å². The van der Waals surface area contributed by atoms with Gasteiger partial charge < -0.3 is 39.1 Å². The van der Waals surface area contributed by atoms with Gasteiger partial charge in [-0.05, 0) is 87.5 Å². The first-order valence-corrected chi connectivity index (χ1v) is 14.5. The summed E-state index contributed by atoms with van der Waals surface area (Å²) in [5, 5.41) is 34.4. The number of esters is 1. The van der Waals surface area contributed by atoms with Crippen LogP contribution in [0.5, 0.6) is 0 Å². The Labute approximate surface area is 222 Å². The fraction of sp³-hybridized carbons (Fsp3) is 0.862. The highest BCUT2D eigenvalue weighted by Gasteiger charge is 2.70. The van der Waals surface area contributed by atoms with Crippen LogP contribution in [0.4, 0.5) is 0 Å². The number of carbonyl (C=O) groups excluding carboxylic acids is 2. The van der Waals surface area contributed by atoms with Gasteiger partial charge >= 0.3 is 5.97 Å². The lowest BCUT2D eigenvalue weighted by Gasteiger charge is -2.64. The molecule has 0 aromatic carbocycles. The minimum atomic E-state index is -1.96. The van der Waals surface area contributed by atoms with Gasteiger partial charge in [-0.2, -0.15) is 0 Å². The Hall–Kier alpha value is -1.36. The predicted octanol–water partition coefficient (Wildman–Crippen LogP) is 2.00. The second kappa shape index (κ2) is 8.33. The van der Waals surface area contributed by atoms with E-state index >= 15 is 0 Å². The number of rotatable bonds is 2. The molecule has 7 rings (SSSR count). The smallest absolute Gasteiger partial charge is 0.331 e. The number of ether oxygens (including phenoxy) is 4. The summed E-state index contributed by atoms with van der Waals surface area (Å²) >= 11 is 0. The van der Waals surface area contributed by atoms with E-state index in [1.165, 1.54) is 0 Å². The van der Waals surface area contributed by atoms with Gasteiger partial charge in [0.2, 0.25) is 12.1 Å². The summed E-state index contributed by atoms with van der Waals surface area (Å²) in [5.41, 5.74) is -1.01. The molecular weight excluding hydrogens is 492 g/mol. The van der Waals surface area contributed by atoms with Crippen molar-refractivity contribution >= 4 is 12.3 Å². The Morgan fingerprint density at radius 2 is 1.84 bits per heavy atom. The highest BCUT2D eigenvalue weighted by atomic mass is 16.8. The molecule has 0 amide bonds. The highest BCUT2D eigenvalue weighted by Crippen LogP contribution is 2.70. The van der Waals surface area contributed by atoms with Gasteiger partial charge in [0.15, 0.2) is 0 Å². The van der Waals surface area contributed by atoms with Crippen LogP contribution >= 0.6 is 0 Å². The van der Waals surface area contributed by atoms with Gasteiger partial charge in [-0.25, -0.2) is 4.79 Å².